The molecular formula is C26H29N3O3. The monoisotopic (exact) mass is 431 g/mol. The van der Waals surface area contributed by atoms with Gasteiger partial charge in [-0.05, 0) is 66.0 Å². The van der Waals surface area contributed by atoms with E-state index in [1.165, 1.54) is 17.3 Å². The highest BCUT2D eigenvalue weighted by Gasteiger charge is 2.23. The lowest BCUT2D eigenvalue weighted by molar-refractivity contribution is 0.0695. The average Bonchev–Trinajstić information content (AvgIpc) is 2.82. The summed E-state index contributed by atoms with van der Waals surface area (Å²) in [5, 5.41) is 9.42. The molecule has 0 bridgehead atoms. The maximum atomic E-state index is 11.5. The van der Waals surface area contributed by atoms with Gasteiger partial charge in [0.2, 0.25) is 0 Å². The molecule has 1 N–H and O–H groups in total. The minimum absolute atomic E-state index is 0.323. The van der Waals surface area contributed by atoms with E-state index in [1.54, 1.807) is 12.3 Å². The minimum atomic E-state index is -0.905. The summed E-state index contributed by atoms with van der Waals surface area (Å²) < 4.78 is 5.99. The minimum Gasteiger partial charge on any atom is -0.493 e. The van der Waals surface area contributed by atoms with Crippen molar-refractivity contribution in [2.24, 2.45) is 0 Å². The molecule has 4 rings (SSSR count). The van der Waals surface area contributed by atoms with Crippen molar-refractivity contribution >= 4 is 17.5 Å². The first-order chi connectivity index (χ1) is 15.4. The number of ether oxygens (including phenoxy) is 1. The lowest BCUT2D eigenvalue weighted by atomic mass is 9.87. The van der Waals surface area contributed by atoms with Gasteiger partial charge in [0.15, 0.2) is 0 Å². The first-order valence-electron chi connectivity index (χ1n) is 11.1. The van der Waals surface area contributed by atoms with Crippen LogP contribution in [0.15, 0.2) is 55.0 Å². The van der Waals surface area contributed by atoms with E-state index in [-0.39, 0.29) is 0 Å². The van der Waals surface area contributed by atoms with Crippen molar-refractivity contribution in [3.8, 4) is 5.75 Å². The van der Waals surface area contributed by atoms with Gasteiger partial charge in [0, 0.05) is 37.4 Å². The number of aryl methyl sites for hydroxylation is 1. The molecule has 1 aliphatic rings. The van der Waals surface area contributed by atoms with Gasteiger partial charge in [-0.15, -0.1) is 0 Å². The third-order valence-corrected chi connectivity index (χ3v) is 6.23. The van der Waals surface area contributed by atoms with Crippen LogP contribution >= 0.6 is 0 Å². The average molecular weight is 432 g/mol. The Hall–Kier alpha value is -3.41. The number of hydrogen-bond donors (Lipinski definition) is 1. The molecular weight excluding hydrogens is 402 g/mol. The Bertz CT molecular complexity index is 1100. The molecule has 0 radical (unpaired) electrons. The summed E-state index contributed by atoms with van der Waals surface area (Å²) in [6, 6.07) is 12.1. The Morgan fingerprint density at radius 3 is 2.78 bits per heavy atom. The number of carboxylic acid groups (broad SMARTS) is 1. The molecule has 3 heterocycles. The number of anilines is 2. The molecule has 2 aromatic heterocycles. The molecule has 32 heavy (non-hydrogen) atoms. The van der Waals surface area contributed by atoms with Crippen molar-refractivity contribution < 1.29 is 14.6 Å². The van der Waals surface area contributed by atoms with Crippen LogP contribution in [0, 0.1) is 0 Å². The van der Waals surface area contributed by atoms with Crippen LogP contribution in [0.3, 0.4) is 0 Å². The van der Waals surface area contributed by atoms with Gasteiger partial charge in [0.1, 0.15) is 11.6 Å². The Morgan fingerprint density at radius 2 is 2.06 bits per heavy atom. The number of rotatable bonds is 7. The van der Waals surface area contributed by atoms with Crippen molar-refractivity contribution in [1.82, 2.24) is 9.97 Å². The lowest BCUT2D eigenvalue weighted by Gasteiger charge is -2.28. The first kappa shape index (κ1) is 21.8. The van der Waals surface area contributed by atoms with Gasteiger partial charge in [0.25, 0.3) is 0 Å². The molecule has 6 nitrogen and oxygen atoms in total. The third kappa shape index (κ3) is 4.59. The number of aromatic carboxylic acids is 1. The summed E-state index contributed by atoms with van der Waals surface area (Å²) >= 11 is 0. The summed E-state index contributed by atoms with van der Waals surface area (Å²) in [6.07, 6.45) is 7.58. The number of nitrogens with zero attached hydrogens (tertiary/aromatic N) is 3. The van der Waals surface area contributed by atoms with E-state index in [0.717, 1.165) is 35.7 Å². The normalized spacial score (nSPS) is 15.2. The number of fused-ring (bicyclic) bond motifs is 1. The second kappa shape index (κ2) is 9.39. The van der Waals surface area contributed by atoms with Gasteiger partial charge in [-0.3, -0.25) is 4.98 Å². The summed E-state index contributed by atoms with van der Waals surface area (Å²) in [6.45, 7) is 4.98. The van der Waals surface area contributed by atoms with Crippen LogP contribution in [0.2, 0.25) is 0 Å². The third-order valence-electron chi connectivity index (χ3n) is 6.23. The van der Waals surface area contributed by atoms with Crippen molar-refractivity contribution in [2.45, 2.75) is 44.9 Å². The zero-order chi connectivity index (χ0) is 22.7. The Labute approximate surface area is 188 Å². The second-order valence-corrected chi connectivity index (χ2v) is 8.60. The van der Waals surface area contributed by atoms with E-state index in [0.29, 0.717) is 30.4 Å². The predicted molar refractivity (Wildman–Crippen MR) is 125 cm³/mol. The van der Waals surface area contributed by atoms with Crippen LogP contribution in [-0.4, -0.2) is 34.7 Å². The molecule has 0 unspecified atom stereocenters. The van der Waals surface area contributed by atoms with E-state index < -0.39 is 5.97 Å². The van der Waals surface area contributed by atoms with Gasteiger partial charge in [-0.1, -0.05) is 26.0 Å². The molecule has 0 saturated carbocycles. The highest BCUT2D eigenvalue weighted by molar-refractivity contribution is 5.89. The summed E-state index contributed by atoms with van der Waals surface area (Å²) in [7, 11) is 2.01. The van der Waals surface area contributed by atoms with Crippen LogP contribution in [0.4, 0.5) is 11.5 Å². The molecule has 0 spiro atoms. The van der Waals surface area contributed by atoms with Gasteiger partial charge >= 0.3 is 5.97 Å². The van der Waals surface area contributed by atoms with Crippen LogP contribution in [0.1, 0.15) is 65.6 Å². The second-order valence-electron chi connectivity index (χ2n) is 8.60. The predicted octanol–water partition coefficient (Wildman–Crippen LogP) is 5.57. The highest BCUT2D eigenvalue weighted by atomic mass is 16.5. The highest BCUT2D eigenvalue weighted by Crippen LogP contribution is 2.39. The van der Waals surface area contributed by atoms with Gasteiger partial charge in [0.05, 0.1) is 12.2 Å². The molecule has 0 fully saturated rings. The van der Waals surface area contributed by atoms with Crippen molar-refractivity contribution in [3.63, 3.8) is 0 Å². The fourth-order valence-corrected chi connectivity index (χ4v) is 4.19. The number of benzene rings is 1. The van der Waals surface area contributed by atoms with E-state index in [9.17, 15) is 9.90 Å². The Balaban J connectivity index is 1.51. The zero-order valence-electron chi connectivity index (χ0n) is 18.8. The zero-order valence-corrected chi connectivity index (χ0v) is 18.8. The van der Waals surface area contributed by atoms with Crippen LogP contribution in [0.5, 0.6) is 5.75 Å². The van der Waals surface area contributed by atoms with Gasteiger partial charge in [-0.25, -0.2) is 9.78 Å². The van der Waals surface area contributed by atoms with Gasteiger partial charge < -0.3 is 14.7 Å². The maximum Gasteiger partial charge on any atom is 0.336 e. The topological polar surface area (TPSA) is 75.5 Å². The maximum absolute atomic E-state index is 11.5. The van der Waals surface area contributed by atoms with E-state index in [4.69, 9.17) is 4.74 Å². The van der Waals surface area contributed by atoms with Crippen LogP contribution in [-0.2, 0) is 6.42 Å². The summed E-state index contributed by atoms with van der Waals surface area (Å²) in [5.41, 5.74) is 4.53. The molecule has 3 aromatic rings. The number of carboxylic acids is 1. The molecule has 1 aliphatic heterocycles. The molecule has 0 saturated heterocycles. The largest absolute Gasteiger partial charge is 0.493 e. The first-order valence-corrected chi connectivity index (χ1v) is 11.1. The molecule has 0 aliphatic carbocycles. The number of aromatic nitrogens is 2. The van der Waals surface area contributed by atoms with Crippen molar-refractivity contribution in [3.05, 3.63) is 77.2 Å². The van der Waals surface area contributed by atoms with E-state index in [1.807, 2.05) is 19.3 Å². The summed E-state index contributed by atoms with van der Waals surface area (Å²) in [4.78, 5) is 22.3. The Kier molecular flexibility index (Phi) is 6.40. The van der Waals surface area contributed by atoms with Crippen molar-refractivity contribution in [1.29, 1.82) is 0 Å². The lowest BCUT2D eigenvalue weighted by Crippen LogP contribution is -2.17. The molecule has 1 atom stereocenters. The smallest absolute Gasteiger partial charge is 0.336 e. The molecule has 6 heteroatoms. The SMILES string of the molecule is CC(C)c1ccc(N(C)c2ccc3c(c2)OCC[C@H]3CCc2cnccc2C(=O)O)nc1. The number of pyridine rings is 2. The molecule has 0 amide bonds. The number of hydrogen-bond acceptors (Lipinski definition) is 5. The van der Waals surface area contributed by atoms with Crippen molar-refractivity contribution in [2.75, 3.05) is 18.6 Å². The molecule has 166 valence electrons. The quantitative estimate of drug-likeness (QED) is 0.527. The number of carbonyl (C=O) groups is 1. The van der Waals surface area contributed by atoms with Gasteiger partial charge in [-0.2, -0.15) is 0 Å². The fraction of sp³-hybridized carbons (Fsp3) is 0.346. The Morgan fingerprint density at radius 1 is 1.22 bits per heavy atom. The molecule has 1 aromatic carbocycles. The van der Waals surface area contributed by atoms with Crippen LogP contribution < -0.4 is 9.64 Å². The van der Waals surface area contributed by atoms with Crippen LogP contribution in [0.25, 0.3) is 0 Å². The standard InChI is InChI=1S/C26H29N3O3/c1-17(2)19-6-9-25(28-16-19)29(3)21-7-8-22-18(11-13-32-24(22)14-21)4-5-20-15-27-12-10-23(20)26(30)31/h6-10,12,14-18H,4-5,11,13H2,1-3H3,(H,30,31)/t18-/m1/s1. The van der Waals surface area contributed by atoms with E-state index in [2.05, 4.69) is 53.0 Å². The van der Waals surface area contributed by atoms with E-state index >= 15 is 0 Å². The summed E-state index contributed by atoms with van der Waals surface area (Å²) in [5.74, 6) is 1.66. The fourth-order valence-electron chi connectivity index (χ4n) is 4.19.